The maximum absolute atomic E-state index is 13.2. The Morgan fingerprint density at radius 3 is 2.20 bits per heavy atom. The normalized spacial score (nSPS) is 11.2. The summed E-state index contributed by atoms with van der Waals surface area (Å²) in [7, 11) is 1.31. The van der Waals surface area contributed by atoms with E-state index in [1.54, 1.807) is 36.4 Å². The van der Waals surface area contributed by atoms with Gasteiger partial charge in [0.05, 0.1) is 12.7 Å². The van der Waals surface area contributed by atoms with Crippen molar-refractivity contribution in [3.63, 3.8) is 0 Å². The van der Waals surface area contributed by atoms with Crippen LogP contribution >= 0.6 is 0 Å². The van der Waals surface area contributed by atoms with Gasteiger partial charge in [-0.05, 0) is 17.2 Å². The molecule has 0 unspecified atom stereocenters. The Morgan fingerprint density at radius 1 is 1.05 bits per heavy atom. The third-order valence-electron chi connectivity index (χ3n) is 3.04. The SMILES string of the molecule is COC(=O)c1ccccc1-c1ccc(C(C)(F)F)cc1. The van der Waals surface area contributed by atoms with Gasteiger partial charge in [0.2, 0.25) is 0 Å². The van der Waals surface area contributed by atoms with E-state index in [1.165, 1.54) is 19.2 Å². The topological polar surface area (TPSA) is 26.3 Å². The van der Waals surface area contributed by atoms with Crippen LogP contribution in [0, 0.1) is 0 Å². The van der Waals surface area contributed by atoms with Gasteiger partial charge in [-0.2, -0.15) is 0 Å². The van der Waals surface area contributed by atoms with Crippen LogP contribution in [0.5, 0.6) is 0 Å². The number of esters is 1. The van der Waals surface area contributed by atoms with Gasteiger partial charge in [-0.3, -0.25) is 0 Å². The molecular formula is C16H14F2O2. The molecule has 0 atom stereocenters. The van der Waals surface area contributed by atoms with Crippen molar-refractivity contribution in [3.8, 4) is 11.1 Å². The Labute approximate surface area is 116 Å². The van der Waals surface area contributed by atoms with Crippen molar-refractivity contribution in [1.29, 1.82) is 0 Å². The molecule has 2 nitrogen and oxygen atoms in total. The molecule has 0 saturated carbocycles. The Morgan fingerprint density at radius 2 is 1.65 bits per heavy atom. The fraction of sp³-hybridized carbons (Fsp3) is 0.188. The summed E-state index contributed by atoms with van der Waals surface area (Å²) >= 11 is 0. The van der Waals surface area contributed by atoms with Crippen LogP contribution in [0.4, 0.5) is 8.78 Å². The second-order valence-electron chi connectivity index (χ2n) is 4.50. The van der Waals surface area contributed by atoms with Crippen LogP contribution in [0.1, 0.15) is 22.8 Å². The van der Waals surface area contributed by atoms with E-state index in [2.05, 4.69) is 0 Å². The summed E-state index contributed by atoms with van der Waals surface area (Å²) in [4.78, 5) is 11.7. The molecule has 20 heavy (non-hydrogen) atoms. The predicted molar refractivity (Wildman–Crippen MR) is 72.8 cm³/mol. The third-order valence-corrected chi connectivity index (χ3v) is 3.04. The first-order valence-corrected chi connectivity index (χ1v) is 6.09. The highest BCUT2D eigenvalue weighted by Crippen LogP contribution is 2.30. The van der Waals surface area contributed by atoms with Crippen molar-refractivity contribution in [3.05, 3.63) is 59.7 Å². The lowest BCUT2D eigenvalue weighted by molar-refractivity contribution is 0.0175. The maximum atomic E-state index is 13.2. The Hall–Kier alpha value is -2.23. The molecule has 0 aliphatic carbocycles. The van der Waals surface area contributed by atoms with E-state index in [-0.39, 0.29) is 5.56 Å². The average Bonchev–Trinajstić information content (AvgIpc) is 2.45. The molecular weight excluding hydrogens is 262 g/mol. The highest BCUT2D eigenvalue weighted by molar-refractivity contribution is 5.97. The highest BCUT2D eigenvalue weighted by atomic mass is 19.3. The second kappa shape index (κ2) is 5.41. The largest absolute Gasteiger partial charge is 0.465 e. The number of rotatable bonds is 3. The maximum Gasteiger partial charge on any atom is 0.338 e. The van der Waals surface area contributed by atoms with Gasteiger partial charge in [-0.1, -0.05) is 42.5 Å². The number of carbonyl (C=O) groups is 1. The molecule has 0 radical (unpaired) electrons. The molecule has 0 amide bonds. The van der Waals surface area contributed by atoms with Crippen LogP contribution in [0.2, 0.25) is 0 Å². The lowest BCUT2D eigenvalue weighted by Gasteiger charge is -2.12. The highest BCUT2D eigenvalue weighted by Gasteiger charge is 2.24. The van der Waals surface area contributed by atoms with Crippen molar-refractivity contribution in [2.45, 2.75) is 12.8 Å². The Balaban J connectivity index is 2.45. The van der Waals surface area contributed by atoms with Crippen molar-refractivity contribution in [2.24, 2.45) is 0 Å². The van der Waals surface area contributed by atoms with Gasteiger partial charge in [-0.15, -0.1) is 0 Å². The van der Waals surface area contributed by atoms with E-state index in [4.69, 9.17) is 4.74 Å². The van der Waals surface area contributed by atoms with Crippen molar-refractivity contribution < 1.29 is 18.3 Å². The lowest BCUT2D eigenvalue weighted by Crippen LogP contribution is -2.06. The van der Waals surface area contributed by atoms with Gasteiger partial charge in [0.25, 0.3) is 5.92 Å². The number of alkyl halides is 2. The summed E-state index contributed by atoms with van der Waals surface area (Å²) in [5.74, 6) is -3.33. The average molecular weight is 276 g/mol. The van der Waals surface area contributed by atoms with Gasteiger partial charge in [-0.25, -0.2) is 13.6 Å². The van der Waals surface area contributed by atoms with Crippen LogP contribution in [0.15, 0.2) is 48.5 Å². The zero-order valence-corrected chi connectivity index (χ0v) is 11.2. The summed E-state index contributed by atoms with van der Waals surface area (Å²) in [6.07, 6.45) is 0. The first-order chi connectivity index (χ1) is 9.43. The van der Waals surface area contributed by atoms with Crippen molar-refractivity contribution in [2.75, 3.05) is 7.11 Å². The third kappa shape index (κ3) is 2.85. The number of hydrogen-bond donors (Lipinski definition) is 0. The zero-order chi connectivity index (χ0) is 14.8. The van der Waals surface area contributed by atoms with Gasteiger partial charge >= 0.3 is 5.97 Å². The van der Waals surface area contributed by atoms with Gasteiger partial charge < -0.3 is 4.74 Å². The minimum Gasteiger partial charge on any atom is -0.465 e. The molecule has 2 rings (SSSR count). The van der Waals surface area contributed by atoms with Crippen LogP contribution < -0.4 is 0 Å². The van der Waals surface area contributed by atoms with E-state index < -0.39 is 11.9 Å². The smallest absolute Gasteiger partial charge is 0.338 e. The fourth-order valence-corrected chi connectivity index (χ4v) is 1.97. The van der Waals surface area contributed by atoms with E-state index in [0.29, 0.717) is 16.7 Å². The number of methoxy groups -OCH3 is 1. The molecule has 0 aliphatic heterocycles. The molecule has 0 heterocycles. The predicted octanol–water partition coefficient (Wildman–Crippen LogP) is 4.25. The number of ether oxygens (including phenoxy) is 1. The van der Waals surface area contributed by atoms with Crippen molar-refractivity contribution >= 4 is 5.97 Å². The molecule has 0 fully saturated rings. The Kier molecular flexibility index (Phi) is 3.84. The number of hydrogen-bond acceptors (Lipinski definition) is 2. The van der Waals surface area contributed by atoms with Gasteiger partial charge in [0.1, 0.15) is 0 Å². The summed E-state index contributed by atoms with van der Waals surface area (Å²) in [5, 5.41) is 0. The zero-order valence-electron chi connectivity index (χ0n) is 11.2. The first-order valence-electron chi connectivity index (χ1n) is 6.09. The fourth-order valence-electron chi connectivity index (χ4n) is 1.97. The molecule has 2 aromatic carbocycles. The molecule has 0 N–H and O–H groups in total. The minimum atomic E-state index is -2.87. The molecule has 0 saturated heterocycles. The summed E-state index contributed by atoms with van der Waals surface area (Å²) in [5.41, 5.74) is 1.70. The quantitative estimate of drug-likeness (QED) is 0.783. The standard InChI is InChI=1S/C16H14F2O2/c1-16(17,18)12-9-7-11(8-10-12)13-5-3-4-6-14(13)15(19)20-2/h3-10H,1-2H3. The van der Waals surface area contributed by atoms with Gasteiger partial charge in [0.15, 0.2) is 0 Å². The lowest BCUT2D eigenvalue weighted by atomic mass is 9.98. The second-order valence-corrected chi connectivity index (χ2v) is 4.50. The Bertz CT molecular complexity index is 613. The van der Waals surface area contributed by atoms with E-state index in [0.717, 1.165) is 6.92 Å². The molecule has 2 aromatic rings. The van der Waals surface area contributed by atoms with Crippen LogP contribution in [-0.2, 0) is 10.7 Å². The van der Waals surface area contributed by atoms with Gasteiger partial charge in [0, 0.05) is 12.5 Å². The summed E-state index contributed by atoms with van der Waals surface area (Å²) in [6.45, 7) is 0.852. The first kappa shape index (κ1) is 14.2. The van der Waals surface area contributed by atoms with Crippen LogP contribution in [0.25, 0.3) is 11.1 Å². The molecule has 0 spiro atoms. The van der Waals surface area contributed by atoms with Crippen molar-refractivity contribution in [1.82, 2.24) is 0 Å². The number of benzene rings is 2. The van der Waals surface area contributed by atoms with Crippen LogP contribution in [0.3, 0.4) is 0 Å². The molecule has 0 aliphatic rings. The molecule has 104 valence electrons. The summed E-state index contributed by atoms with van der Waals surface area (Å²) in [6, 6.07) is 12.8. The number of halogens is 2. The number of carbonyl (C=O) groups excluding carboxylic acids is 1. The van der Waals surface area contributed by atoms with E-state index in [9.17, 15) is 13.6 Å². The molecule has 0 bridgehead atoms. The van der Waals surface area contributed by atoms with E-state index >= 15 is 0 Å². The summed E-state index contributed by atoms with van der Waals surface area (Å²) < 4.78 is 31.1. The molecule has 4 heteroatoms. The van der Waals surface area contributed by atoms with Crippen LogP contribution in [-0.4, -0.2) is 13.1 Å². The van der Waals surface area contributed by atoms with E-state index in [1.807, 2.05) is 0 Å². The monoisotopic (exact) mass is 276 g/mol. The molecule has 0 aromatic heterocycles. The minimum absolute atomic E-state index is 0.0585.